The summed E-state index contributed by atoms with van der Waals surface area (Å²) in [5.74, 6) is -6.49. The fourth-order valence-electron chi connectivity index (χ4n) is 10.2. The Morgan fingerprint density at radius 1 is 0.810 bits per heavy atom. The van der Waals surface area contributed by atoms with Crippen LogP contribution < -0.4 is 0 Å². The summed E-state index contributed by atoms with van der Waals surface area (Å²) in [4.78, 5) is 71.6. The normalized spacial score (nSPS) is 40.3. The van der Waals surface area contributed by atoms with E-state index in [2.05, 4.69) is 0 Å². The van der Waals surface area contributed by atoms with Crippen molar-refractivity contribution < 1.29 is 53.5 Å². The van der Waals surface area contributed by atoms with E-state index in [4.69, 9.17) is 14.2 Å². The molecule has 2 bridgehead atoms. The molecule has 1 saturated carbocycles. The number of nitrogens with zero attached hydrogens (tertiary/aromatic N) is 1. The monoisotopic (exact) mass is 882 g/mol. The first-order valence-corrected chi connectivity index (χ1v) is 23.7. The number of ketones is 4. The van der Waals surface area contributed by atoms with Gasteiger partial charge in [0.2, 0.25) is 5.79 Å². The molecule has 3 heterocycles. The van der Waals surface area contributed by atoms with Gasteiger partial charge in [-0.15, -0.1) is 0 Å². The Morgan fingerprint density at radius 3 is 2.22 bits per heavy atom. The number of aliphatic hydroxyl groups is 3. The first kappa shape index (κ1) is 52.5. The van der Waals surface area contributed by atoms with Gasteiger partial charge in [0.05, 0.1) is 36.6 Å². The van der Waals surface area contributed by atoms with Crippen LogP contribution in [0.15, 0.2) is 47.6 Å². The van der Waals surface area contributed by atoms with Gasteiger partial charge in [-0.3, -0.25) is 24.0 Å². The van der Waals surface area contributed by atoms with E-state index < -0.39 is 59.6 Å². The highest BCUT2D eigenvalue weighted by Gasteiger charge is 2.53. The third-order valence-electron chi connectivity index (χ3n) is 14.7. The largest absolute Gasteiger partial charge is 0.390 e. The molecular formula is C51H79NO11. The maximum absolute atomic E-state index is 14.5. The molecular weight excluding hydrogens is 803 g/mol. The van der Waals surface area contributed by atoms with E-state index in [1.165, 1.54) is 4.90 Å². The summed E-state index contributed by atoms with van der Waals surface area (Å²) in [6, 6.07) is -0.900. The molecule has 0 spiro atoms. The second-order valence-electron chi connectivity index (χ2n) is 19.7. The molecule has 0 radical (unpaired) electrons. The Balaban J connectivity index is 1.67. The average molecular weight is 882 g/mol. The molecule has 354 valence electrons. The third-order valence-corrected chi connectivity index (χ3v) is 14.7. The molecule has 3 N–H and O–H groups in total. The van der Waals surface area contributed by atoms with E-state index >= 15 is 0 Å². The van der Waals surface area contributed by atoms with Gasteiger partial charge in [0.1, 0.15) is 11.6 Å². The number of allylic oxidation sites excluding steroid dienone is 6. The molecule has 2 saturated heterocycles. The number of hydrogen-bond donors (Lipinski definition) is 3. The number of hydrogen-bond acceptors (Lipinski definition) is 11. The second kappa shape index (κ2) is 24.4. The lowest BCUT2D eigenvalue weighted by Crippen LogP contribution is -2.60. The first-order chi connectivity index (χ1) is 29.8. The minimum atomic E-state index is -2.38. The Bertz CT molecular complexity index is 1700. The molecule has 0 aromatic carbocycles. The van der Waals surface area contributed by atoms with Crippen LogP contribution in [0.5, 0.6) is 0 Å². The molecule has 0 aromatic heterocycles. The maximum Gasteiger partial charge on any atom is 0.296 e. The first-order valence-electron chi connectivity index (χ1n) is 23.7. The van der Waals surface area contributed by atoms with E-state index in [9.17, 15) is 39.3 Å². The number of amides is 1. The highest BCUT2D eigenvalue weighted by Crippen LogP contribution is 2.39. The average Bonchev–Trinajstić information content (AvgIpc) is 3.25. The smallest absolute Gasteiger partial charge is 0.296 e. The van der Waals surface area contributed by atoms with Crippen LogP contribution in [-0.4, -0.2) is 112 Å². The van der Waals surface area contributed by atoms with Crippen molar-refractivity contribution >= 4 is 29.0 Å². The van der Waals surface area contributed by atoms with Crippen molar-refractivity contribution in [3.63, 3.8) is 0 Å². The predicted octanol–water partition coefficient (Wildman–Crippen LogP) is 7.22. The van der Waals surface area contributed by atoms with E-state index in [-0.39, 0.29) is 79.0 Å². The van der Waals surface area contributed by atoms with Crippen molar-refractivity contribution in [2.24, 2.45) is 41.4 Å². The molecule has 4 rings (SSSR count). The number of carbonyl (C=O) groups excluding carboxylic acids is 5. The number of carbonyl (C=O) groups is 5. The molecule has 4 aliphatic rings. The summed E-state index contributed by atoms with van der Waals surface area (Å²) in [7, 11) is 3.19. The van der Waals surface area contributed by atoms with E-state index in [1.807, 2.05) is 58.1 Å². The fourth-order valence-corrected chi connectivity index (χ4v) is 10.2. The van der Waals surface area contributed by atoms with Crippen molar-refractivity contribution in [1.82, 2.24) is 4.90 Å². The Morgan fingerprint density at radius 2 is 1.52 bits per heavy atom. The van der Waals surface area contributed by atoms with Gasteiger partial charge in [-0.25, -0.2) is 0 Å². The van der Waals surface area contributed by atoms with Crippen molar-refractivity contribution in [2.45, 2.75) is 181 Å². The van der Waals surface area contributed by atoms with Gasteiger partial charge in [0.15, 0.2) is 5.78 Å². The molecule has 3 aliphatic heterocycles. The number of aliphatic hydroxyl groups excluding tert-OH is 2. The SMILES string of the molecule is CO[C@H]1C[C@@H]2CC[C@@H](C)[C@@](O)(O2)C(=O)C(=O)N2CCCCC2C(=O)C[C@H]([C@H](C)CC2CC[C@@H](O)[C@H](OC)C2)CC(=O)[C@H](C)/C=C(\C)[C@H](O)CC(=O)[C@H](C)C[C@H](C)/C=C/C=C/C=C/1C. The van der Waals surface area contributed by atoms with Gasteiger partial charge in [-0.2, -0.15) is 0 Å². The summed E-state index contributed by atoms with van der Waals surface area (Å²) < 4.78 is 17.6. The van der Waals surface area contributed by atoms with Gasteiger partial charge in [0.25, 0.3) is 11.7 Å². The predicted molar refractivity (Wildman–Crippen MR) is 242 cm³/mol. The molecule has 3 fully saturated rings. The van der Waals surface area contributed by atoms with Gasteiger partial charge in [0, 0.05) is 64.2 Å². The standard InChI is InChI=1S/C51H79NO11/c1-31-15-11-10-12-16-32(2)47(61-8)29-40-20-18-37(7)51(60,63-40)49(58)50(59)52-22-14-13-17-41(52)46(57)28-39(33(3)25-38-19-21-42(53)48(26-38)62-9)27-43(54)35(5)24-36(6)45(56)30-44(55)34(4)23-31/h10-12,15-16,24,31,33-35,37-42,45,47-48,53,56,60H,13-14,17-23,25-30H2,1-9H3/b12-10+,15-11+,32-16+,36-24+/t31-,33-,34-,35-,37-,38?,39-,40+,41?,42-,45-,47+,48-,51-/m1/s1. The molecule has 2 unspecified atom stereocenters. The number of ether oxygens (including phenoxy) is 3. The van der Waals surface area contributed by atoms with E-state index in [0.29, 0.717) is 69.8 Å². The zero-order chi connectivity index (χ0) is 46.6. The van der Waals surface area contributed by atoms with Crippen molar-refractivity contribution in [3.05, 3.63) is 47.6 Å². The summed E-state index contributed by atoms with van der Waals surface area (Å²) in [6.45, 7) is 13.3. The quantitative estimate of drug-likeness (QED) is 0.188. The third kappa shape index (κ3) is 14.4. The Kier molecular flexibility index (Phi) is 20.3. The Hall–Kier alpha value is -3.13. The zero-order valence-corrected chi connectivity index (χ0v) is 39.6. The fraction of sp³-hybridized carbons (Fsp3) is 0.745. The minimum Gasteiger partial charge on any atom is -0.390 e. The molecule has 12 heteroatoms. The Labute approximate surface area is 376 Å². The second-order valence-corrected chi connectivity index (χ2v) is 19.7. The van der Waals surface area contributed by atoms with Crippen LogP contribution in [0.2, 0.25) is 0 Å². The lowest BCUT2D eigenvalue weighted by atomic mass is 9.74. The molecule has 14 atom stereocenters. The number of rotatable bonds is 5. The van der Waals surface area contributed by atoms with Crippen molar-refractivity contribution in [1.29, 1.82) is 0 Å². The van der Waals surface area contributed by atoms with Crippen LogP contribution >= 0.6 is 0 Å². The highest BCUT2D eigenvalue weighted by molar-refractivity contribution is 6.39. The lowest BCUT2D eigenvalue weighted by Gasteiger charge is -2.43. The molecule has 63 heavy (non-hydrogen) atoms. The van der Waals surface area contributed by atoms with Crippen LogP contribution in [0.1, 0.15) is 138 Å². The minimum absolute atomic E-state index is 0.0103. The molecule has 0 aromatic rings. The summed E-state index contributed by atoms with van der Waals surface area (Å²) in [5, 5.41) is 33.5. The van der Waals surface area contributed by atoms with Crippen LogP contribution in [0.4, 0.5) is 0 Å². The van der Waals surface area contributed by atoms with Crippen LogP contribution in [0.3, 0.4) is 0 Å². The van der Waals surface area contributed by atoms with Crippen LogP contribution in [0.25, 0.3) is 0 Å². The summed E-state index contributed by atoms with van der Waals surface area (Å²) in [5.41, 5.74) is 1.44. The highest BCUT2D eigenvalue weighted by atomic mass is 16.6. The molecule has 1 amide bonds. The van der Waals surface area contributed by atoms with Gasteiger partial charge >= 0.3 is 0 Å². The van der Waals surface area contributed by atoms with Crippen molar-refractivity contribution in [2.75, 3.05) is 20.8 Å². The van der Waals surface area contributed by atoms with Crippen molar-refractivity contribution in [3.8, 4) is 0 Å². The molecule has 1 aliphatic carbocycles. The van der Waals surface area contributed by atoms with E-state index in [0.717, 1.165) is 12.0 Å². The lowest BCUT2D eigenvalue weighted by molar-refractivity contribution is -0.265. The maximum atomic E-state index is 14.5. The number of Topliss-reactive ketones (excluding diaryl/α,β-unsaturated/α-hetero) is 4. The number of methoxy groups -OCH3 is 2. The summed E-state index contributed by atoms with van der Waals surface area (Å²) >= 11 is 0. The van der Waals surface area contributed by atoms with Crippen LogP contribution in [0, 0.1) is 41.4 Å². The molecule has 12 nitrogen and oxygen atoms in total. The van der Waals surface area contributed by atoms with Gasteiger partial charge < -0.3 is 34.4 Å². The summed E-state index contributed by atoms with van der Waals surface area (Å²) in [6.07, 6.45) is 15.0. The van der Waals surface area contributed by atoms with E-state index in [1.54, 1.807) is 41.1 Å². The van der Waals surface area contributed by atoms with Gasteiger partial charge in [-0.05, 0) is 113 Å². The zero-order valence-electron chi connectivity index (χ0n) is 39.6. The van der Waals surface area contributed by atoms with Crippen LogP contribution in [-0.2, 0) is 38.2 Å². The number of piperidine rings is 1. The topological polar surface area (TPSA) is 177 Å². The number of fused-ring (bicyclic) bond motifs is 3. The van der Waals surface area contributed by atoms with Gasteiger partial charge in [-0.1, -0.05) is 71.1 Å².